The Morgan fingerprint density at radius 2 is 2.20 bits per heavy atom. The third-order valence-corrected chi connectivity index (χ3v) is 3.79. The molecule has 0 spiro atoms. The Labute approximate surface area is 143 Å². The highest BCUT2D eigenvalue weighted by molar-refractivity contribution is 5.97. The standard InChI is InChI=1S/C18H19N5O2/c1-4-8-23-15(19)12(17(24)20-11(2)3)10-13-16(23)21-14-7-5-6-9-22(14)18(13)25/h4-7,9-11,19H,1,8H2,2-3H3,(H,20,24). The number of fused-ring (bicyclic) bond motifs is 2. The quantitative estimate of drug-likeness (QED) is 0.557. The van der Waals surface area contributed by atoms with Gasteiger partial charge in [-0.25, -0.2) is 4.98 Å². The van der Waals surface area contributed by atoms with E-state index in [1.54, 1.807) is 30.5 Å². The van der Waals surface area contributed by atoms with Crippen molar-refractivity contribution in [3.63, 3.8) is 0 Å². The van der Waals surface area contributed by atoms with Crippen LogP contribution in [0, 0.1) is 5.41 Å². The van der Waals surface area contributed by atoms with Crippen molar-refractivity contribution in [2.24, 2.45) is 0 Å². The van der Waals surface area contributed by atoms with E-state index in [0.29, 0.717) is 11.3 Å². The maximum absolute atomic E-state index is 12.8. The molecule has 128 valence electrons. The lowest BCUT2D eigenvalue weighted by Crippen LogP contribution is -2.37. The Bertz CT molecular complexity index is 1110. The van der Waals surface area contributed by atoms with Gasteiger partial charge in [-0.2, -0.15) is 0 Å². The number of carbonyl (C=O) groups excluding carboxylic acids is 1. The van der Waals surface area contributed by atoms with Crippen molar-refractivity contribution in [3.05, 3.63) is 64.5 Å². The summed E-state index contributed by atoms with van der Waals surface area (Å²) in [5.74, 6) is -0.391. The lowest BCUT2D eigenvalue weighted by Gasteiger charge is -2.14. The van der Waals surface area contributed by atoms with Gasteiger partial charge in [-0.15, -0.1) is 6.58 Å². The van der Waals surface area contributed by atoms with Crippen molar-refractivity contribution in [1.82, 2.24) is 19.3 Å². The molecule has 0 aromatic carbocycles. The van der Waals surface area contributed by atoms with Gasteiger partial charge in [0, 0.05) is 18.8 Å². The van der Waals surface area contributed by atoms with Crippen molar-refractivity contribution in [2.75, 3.05) is 0 Å². The zero-order valence-corrected chi connectivity index (χ0v) is 14.1. The van der Waals surface area contributed by atoms with Crippen LogP contribution in [0.3, 0.4) is 0 Å². The van der Waals surface area contributed by atoms with Crippen LogP contribution in [0.4, 0.5) is 0 Å². The van der Waals surface area contributed by atoms with E-state index in [4.69, 9.17) is 5.41 Å². The summed E-state index contributed by atoms with van der Waals surface area (Å²) in [5, 5.41) is 11.4. The summed E-state index contributed by atoms with van der Waals surface area (Å²) >= 11 is 0. The average Bonchev–Trinajstić information content (AvgIpc) is 2.57. The van der Waals surface area contributed by atoms with Crippen molar-refractivity contribution in [3.8, 4) is 0 Å². The number of nitrogens with one attached hydrogen (secondary N) is 2. The van der Waals surface area contributed by atoms with Gasteiger partial charge in [0.05, 0.1) is 10.9 Å². The number of carbonyl (C=O) groups is 1. The van der Waals surface area contributed by atoms with E-state index in [0.717, 1.165) is 0 Å². The fourth-order valence-electron chi connectivity index (χ4n) is 2.71. The number of allylic oxidation sites excluding steroid dienone is 1. The van der Waals surface area contributed by atoms with Gasteiger partial charge < -0.3 is 9.88 Å². The summed E-state index contributed by atoms with van der Waals surface area (Å²) in [7, 11) is 0. The first-order valence-electron chi connectivity index (χ1n) is 7.95. The van der Waals surface area contributed by atoms with Gasteiger partial charge in [0.25, 0.3) is 11.5 Å². The molecule has 0 saturated heterocycles. The van der Waals surface area contributed by atoms with Crippen LogP contribution in [0.5, 0.6) is 0 Å². The van der Waals surface area contributed by atoms with Crippen LogP contribution in [0.15, 0.2) is 47.9 Å². The maximum Gasteiger partial charge on any atom is 0.267 e. The molecule has 0 aliphatic heterocycles. The molecule has 2 N–H and O–H groups in total. The molecule has 0 bridgehead atoms. The van der Waals surface area contributed by atoms with Crippen LogP contribution in [-0.2, 0) is 6.54 Å². The molecule has 0 saturated carbocycles. The van der Waals surface area contributed by atoms with Crippen LogP contribution in [-0.4, -0.2) is 25.9 Å². The Kier molecular flexibility index (Phi) is 4.22. The number of pyridine rings is 2. The van der Waals surface area contributed by atoms with E-state index < -0.39 is 5.91 Å². The molecule has 0 aliphatic carbocycles. The highest BCUT2D eigenvalue weighted by Crippen LogP contribution is 2.10. The largest absolute Gasteiger partial charge is 0.350 e. The predicted molar refractivity (Wildman–Crippen MR) is 95.6 cm³/mol. The number of rotatable bonds is 4. The lowest BCUT2D eigenvalue weighted by molar-refractivity contribution is 0.0940. The van der Waals surface area contributed by atoms with Crippen LogP contribution >= 0.6 is 0 Å². The Morgan fingerprint density at radius 1 is 1.44 bits per heavy atom. The smallest absolute Gasteiger partial charge is 0.267 e. The molecule has 0 unspecified atom stereocenters. The highest BCUT2D eigenvalue weighted by atomic mass is 16.1. The van der Waals surface area contributed by atoms with Crippen LogP contribution < -0.4 is 16.4 Å². The fraction of sp³-hybridized carbons (Fsp3) is 0.222. The summed E-state index contributed by atoms with van der Waals surface area (Å²) in [6.45, 7) is 7.64. The number of hydrogen-bond acceptors (Lipinski definition) is 4. The second kappa shape index (κ2) is 6.35. The molecule has 7 nitrogen and oxygen atoms in total. The monoisotopic (exact) mass is 337 g/mol. The molecule has 25 heavy (non-hydrogen) atoms. The second-order valence-corrected chi connectivity index (χ2v) is 6.02. The molecule has 1 amide bonds. The minimum Gasteiger partial charge on any atom is -0.350 e. The number of aromatic nitrogens is 3. The van der Waals surface area contributed by atoms with Crippen molar-refractivity contribution in [2.45, 2.75) is 26.4 Å². The van der Waals surface area contributed by atoms with Crippen molar-refractivity contribution in [1.29, 1.82) is 5.41 Å². The second-order valence-electron chi connectivity index (χ2n) is 6.02. The third kappa shape index (κ3) is 2.84. The number of nitrogens with zero attached hydrogens (tertiary/aromatic N) is 3. The van der Waals surface area contributed by atoms with Crippen molar-refractivity contribution >= 4 is 22.6 Å². The molecule has 3 aromatic rings. The van der Waals surface area contributed by atoms with Gasteiger partial charge >= 0.3 is 0 Å². The molecule has 3 heterocycles. The zero-order chi connectivity index (χ0) is 18.1. The Balaban J connectivity index is 2.43. The fourth-order valence-corrected chi connectivity index (χ4v) is 2.71. The number of amides is 1. The summed E-state index contributed by atoms with van der Waals surface area (Å²) < 4.78 is 2.94. The number of hydrogen-bond donors (Lipinski definition) is 2. The predicted octanol–water partition coefficient (Wildman–Crippen LogP) is 1.45. The average molecular weight is 337 g/mol. The SMILES string of the molecule is C=CCn1c(=N)c(C(=O)NC(C)C)cc2c(=O)n3ccccc3nc21. The minimum atomic E-state index is -0.391. The highest BCUT2D eigenvalue weighted by Gasteiger charge is 2.17. The third-order valence-electron chi connectivity index (χ3n) is 3.79. The Morgan fingerprint density at radius 3 is 2.88 bits per heavy atom. The van der Waals surface area contributed by atoms with E-state index in [1.807, 2.05) is 13.8 Å². The molecule has 3 rings (SSSR count). The molecule has 0 atom stereocenters. The van der Waals surface area contributed by atoms with E-state index in [1.165, 1.54) is 15.0 Å². The Hall–Kier alpha value is -3.22. The molecule has 0 radical (unpaired) electrons. The van der Waals surface area contributed by atoms with Crippen LogP contribution in [0.2, 0.25) is 0 Å². The summed E-state index contributed by atoms with van der Waals surface area (Å²) in [5.41, 5.74) is 0.700. The lowest BCUT2D eigenvalue weighted by atomic mass is 10.2. The van der Waals surface area contributed by atoms with E-state index >= 15 is 0 Å². The summed E-state index contributed by atoms with van der Waals surface area (Å²) in [4.78, 5) is 29.8. The first-order chi connectivity index (χ1) is 11.9. The maximum atomic E-state index is 12.8. The van der Waals surface area contributed by atoms with Gasteiger partial charge in [0.2, 0.25) is 0 Å². The molecule has 0 aliphatic rings. The van der Waals surface area contributed by atoms with E-state index in [-0.39, 0.29) is 34.6 Å². The van der Waals surface area contributed by atoms with Gasteiger partial charge in [-0.3, -0.25) is 19.4 Å². The van der Waals surface area contributed by atoms with E-state index in [2.05, 4.69) is 16.9 Å². The van der Waals surface area contributed by atoms with Gasteiger partial charge in [-0.1, -0.05) is 12.1 Å². The molecule has 7 heteroatoms. The first-order valence-corrected chi connectivity index (χ1v) is 7.95. The van der Waals surface area contributed by atoms with Crippen LogP contribution in [0.25, 0.3) is 16.7 Å². The van der Waals surface area contributed by atoms with Gasteiger partial charge in [0.15, 0.2) is 0 Å². The molecular weight excluding hydrogens is 318 g/mol. The summed E-state index contributed by atoms with van der Waals surface area (Å²) in [6.07, 6.45) is 3.24. The minimum absolute atomic E-state index is 0.00210. The first kappa shape index (κ1) is 16.6. The normalized spacial score (nSPS) is 11.2. The van der Waals surface area contributed by atoms with Crippen LogP contribution in [0.1, 0.15) is 24.2 Å². The topological polar surface area (TPSA) is 92.2 Å². The van der Waals surface area contributed by atoms with Gasteiger partial charge in [0.1, 0.15) is 16.8 Å². The van der Waals surface area contributed by atoms with E-state index in [9.17, 15) is 9.59 Å². The zero-order valence-electron chi connectivity index (χ0n) is 14.1. The molecular formula is C18H19N5O2. The van der Waals surface area contributed by atoms with Gasteiger partial charge in [-0.05, 0) is 32.0 Å². The molecule has 3 aromatic heterocycles. The van der Waals surface area contributed by atoms with Crippen molar-refractivity contribution < 1.29 is 4.79 Å². The summed E-state index contributed by atoms with van der Waals surface area (Å²) in [6, 6.07) is 6.63. The molecule has 0 fully saturated rings.